The Morgan fingerprint density at radius 2 is 1.22 bits per heavy atom. The molecule has 0 aliphatic carbocycles. The summed E-state index contributed by atoms with van der Waals surface area (Å²) in [5.74, 6) is 1.73. The number of benzene rings is 2. The van der Waals surface area contributed by atoms with Gasteiger partial charge in [0.2, 0.25) is 5.91 Å². The molecule has 14 heteroatoms. The van der Waals surface area contributed by atoms with E-state index in [2.05, 4.69) is 105 Å². The predicted molar refractivity (Wildman–Crippen MR) is 229 cm³/mol. The number of ether oxygens (including phenoxy) is 1. The molecule has 0 saturated carbocycles. The molecule has 0 aliphatic rings. The molecule has 4 aromatic rings. The van der Waals surface area contributed by atoms with Gasteiger partial charge in [0.15, 0.2) is 0 Å². The van der Waals surface area contributed by atoms with Gasteiger partial charge in [-0.2, -0.15) is 0 Å². The molecule has 0 atom stereocenters. The molecule has 0 radical (unpaired) electrons. The van der Waals surface area contributed by atoms with Crippen molar-refractivity contribution in [1.29, 1.82) is 0 Å². The van der Waals surface area contributed by atoms with Crippen LogP contribution in [0.3, 0.4) is 0 Å². The number of nitrogens with one attached hydrogen (secondary N) is 4. The topological polar surface area (TPSA) is 125 Å². The van der Waals surface area contributed by atoms with Crippen molar-refractivity contribution < 1.29 is 14.3 Å². The van der Waals surface area contributed by atoms with Crippen molar-refractivity contribution in [2.75, 3.05) is 13.1 Å². The van der Waals surface area contributed by atoms with E-state index >= 15 is 0 Å². The Labute approximate surface area is 342 Å². The predicted octanol–water partition coefficient (Wildman–Crippen LogP) is 11.0. The van der Waals surface area contributed by atoms with E-state index in [1.54, 1.807) is 6.20 Å². The molecule has 0 spiro atoms. The van der Waals surface area contributed by atoms with E-state index in [1.165, 1.54) is 0 Å². The first-order valence-electron chi connectivity index (χ1n) is 15.5. The second kappa shape index (κ2) is 24.5. The average molecular weight is 1050 g/mol. The molecule has 0 fully saturated rings. The van der Waals surface area contributed by atoms with Gasteiger partial charge in [-0.05, 0) is 75.7 Å². The maximum atomic E-state index is 11.6. The number of halogens is 5. The zero-order chi connectivity index (χ0) is 35.5. The first-order chi connectivity index (χ1) is 22.8. The van der Waals surface area contributed by atoms with Gasteiger partial charge in [0, 0.05) is 77.3 Å². The van der Waals surface area contributed by atoms with Gasteiger partial charge in [-0.15, -0.1) is 0 Å². The highest BCUT2D eigenvalue weighted by molar-refractivity contribution is 14.3. The number of alkyl carbamates (subject to hydrolysis) is 1. The minimum absolute atomic E-state index is 0. The highest BCUT2D eigenvalue weighted by Crippen LogP contribution is 2.20. The summed E-state index contributed by atoms with van der Waals surface area (Å²) < 4.78 is 5.92. The van der Waals surface area contributed by atoms with Crippen LogP contribution < -0.4 is 10.6 Å². The summed E-state index contributed by atoms with van der Waals surface area (Å²) in [6.07, 6.45) is 8.39. The van der Waals surface area contributed by atoms with Crippen molar-refractivity contribution in [1.82, 2.24) is 30.6 Å². The van der Waals surface area contributed by atoms with Crippen molar-refractivity contribution in [3.8, 4) is 22.8 Å². The first-order valence-corrected chi connectivity index (χ1v) is 20.0. The standard InChI is InChI=1S/C17H22ClN3O.C16H20ClN3O2.CHI3.CH4/c1-2-3-4-5-16(22)19-11-10-15-12-20-17(21-15)13-6-8-14(18)9-7-13;1-16(2,3)22-15(21)18-9-8-13-10-19-14(20-13)11-4-6-12(17)7-5-11;2-1(3)4;/h6-9,12H,2-5,10-11H2,1H3,(H,19,22)(H,20,21);4-7,10H,8-9H2,1-3H3,(H,18,21)(H,19,20);1H;1H4. The maximum absolute atomic E-state index is 11.6. The van der Waals surface area contributed by atoms with Crippen LogP contribution in [-0.2, 0) is 22.4 Å². The Hall–Kier alpha value is -1.63. The number of alkyl halides is 3. The second-order valence-corrected chi connectivity index (χ2v) is 23.3. The monoisotopic (exact) mass is 1050 g/mol. The lowest BCUT2D eigenvalue weighted by molar-refractivity contribution is -0.121. The molecule has 0 unspecified atom stereocenters. The van der Waals surface area contributed by atoms with Crippen molar-refractivity contribution in [3.63, 3.8) is 0 Å². The van der Waals surface area contributed by atoms with Gasteiger partial charge in [-0.25, -0.2) is 14.8 Å². The van der Waals surface area contributed by atoms with Gasteiger partial charge >= 0.3 is 6.09 Å². The van der Waals surface area contributed by atoms with Gasteiger partial charge in [-0.3, -0.25) is 4.79 Å². The fourth-order valence-corrected chi connectivity index (χ4v) is 4.31. The van der Waals surface area contributed by atoms with E-state index in [1.807, 2.05) is 75.5 Å². The summed E-state index contributed by atoms with van der Waals surface area (Å²) in [6, 6.07) is 15.0. The van der Waals surface area contributed by atoms with Crippen LogP contribution in [0.5, 0.6) is 0 Å². The Morgan fingerprint density at radius 3 is 1.63 bits per heavy atom. The number of H-pyrrole nitrogens is 2. The van der Waals surface area contributed by atoms with E-state index in [0.29, 0.717) is 36.0 Å². The number of nitrogens with zero attached hydrogens (tertiary/aromatic N) is 2. The third-order valence-electron chi connectivity index (χ3n) is 6.28. The molecule has 0 bridgehead atoms. The quantitative estimate of drug-likeness (QED) is 0.0639. The van der Waals surface area contributed by atoms with Crippen molar-refractivity contribution >= 4 is 103 Å². The van der Waals surface area contributed by atoms with E-state index in [0.717, 1.165) is 59.8 Å². The fourth-order valence-electron chi connectivity index (χ4n) is 4.06. The van der Waals surface area contributed by atoms with Crippen LogP contribution in [0, 0.1) is 0 Å². The summed E-state index contributed by atoms with van der Waals surface area (Å²) >= 11 is 18.7. The molecule has 49 heavy (non-hydrogen) atoms. The first kappa shape index (κ1) is 45.4. The Bertz CT molecular complexity index is 1510. The summed E-state index contributed by atoms with van der Waals surface area (Å²) in [7, 11) is 0. The molecule has 4 rings (SSSR count). The number of amides is 2. The lowest BCUT2D eigenvalue weighted by Gasteiger charge is -2.19. The number of rotatable bonds is 12. The molecule has 4 N–H and O–H groups in total. The third-order valence-corrected chi connectivity index (χ3v) is 6.78. The molecule has 0 saturated heterocycles. The van der Waals surface area contributed by atoms with Crippen molar-refractivity contribution in [3.05, 3.63) is 82.4 Å². The molecule has 0 aliphatic heterocycles. The normalized spacial score (nSPS) is 10.6. The molecule has 2 aromatic carbocycles. The summed E-state index contributed by atoms with van der Waals surface area (Å²) in [5, 5.41) is 7.06. The summed E-state index contributed by atoms with van der Waals surface area (Å²) in [6.45, 7) is 8.75. The molecular weight excluding hydrogens is 1000 g/mol. The number of hydrogen-bond donors (Lipinski definition) is 4. The number of aromatic nitrogens is 4. The zero-order valence-electron chi connectivity index (χ0n) is 27.5. The molecule has 2 heterocycles. The molecule has 2 aromatic heterocycles. The van der Waals surface area contributed by atoms with Crippen LogP contribution >= 0.6 is 91.0 Å². The van der Waals surface area contributed by atoms with Gasteiger partial charge in [-0.1, -0.05) is 118 Å². The van der Waals surface area contributed by atoms with Gasteiger partial charge < -0.3 is 25.3 Å². The maximum Gasteiger partial charge on any atom is 0.407 e. The van der Waals surface area contributed by atoms with E-state index in [-0.39, 0.29) is 13.3 Å². The number of unbranched alkanes of at least 4 members (excludes halogenated alkanes) is 2. The van der Waals surface area contributed by atoms with Crippen LogP contribution in [0.4, 0.5) is 4.79 Å². The van der Waals surface area contributed by atoms with Crippen LogP contribution in [0.1, 0.15) is 72.2 Å². The molecule has 9 nitrogen and oxygen atoms in total. The lowest BCUT2D eigenvalue weighted by atomic mass is 10.2. The Morgan fingerprint density at radius 1 is 0.796 bits per heavy atom. The molecule has 270 valence electrons. The van der Waals surface area contributed by atoms with E-state index < -0.39 is 11.7 Å². The number of imidazole rings is 2. The zero-order valence-corrected chi connectivity index (χ0v) is 35.5. The third kappa shape index (κ3) is 20.7. The average Bonchev–Trinajstić information content (AvgIpc) is 3.68. The largest absolute Gasteiger partial charge is 0.444 e. The van der Waals surface area contributed by atoms with Crippen molar-refractivity contribution in [2.45, 2.75) is 79.2 Å². The van der Waals surface area contributed by atoms with Crippen LogP contribution in [0.2, 0.25) is 10.0 Å². The lowest BCUT2D eigenvalue weighted by Crippen LogP contribution is -2.33. The molecular formula is C35H47Cl2I3N6O3. The van der Waals surface area contributed by atoms with E-state index in [4.69, 9.17) is 27.9 Å². The van der Waals surface area contributed by atoms with Crippen LogP contribution in [-0.4, -0.2) is 50.6 Å². The molecule has 2 amide bonds. The summed E-state index contributed by atoms with van der Waals surface area (Å²) in [4.78, 5) is 38.3. The van der Waals surface area contributed by atoms with Gasteiger partial charge in [0.05, 0.1) is 0 Å². The minimum Gasteiger partial charge on any atom is -0.444 e. The van der Waals surface area contributed by atoms with Crippen LogP contribution in [0.25, 0.3) is 22.8 Å². The van der Waals surface area contributed by atoms with Gasteiger partial charge in [0.1, 0.15) is 17.2 Å². The van der Waals surface area contributed by atoms with E-state index in [9.17, 15) is 9.59 Å². The Kier molecular flexibility index (Phi) is 22.7. The van der Waals surface area contributed by atoms with Crippen molar-refractivity contribution in [2.24, 2.45) is 0 Å². The minimum atomic E-state index is -0.486. The number of carbonyl (C=O) groups excluding carboxylic acids is 2. The number of hydrogen-bond acceptors (Lipinski definition) is 5. The highest BCUT2D eigenvalue weighted by atomic mass is 127. The Balaban J connectivity index is 0.000000434. The number of carbonyl (C=O) groups is 2. The number of aromatic amines is 2. The summed E-state index contributed by atoms with van der Waals surface area (Å²) in [5.41, 5.74) is 3.44. The smallest absolute Gasteiger partial charge is 0.407 e. The fraction of sp³-hybridized carbons (Fsp3) is 0.429. The van der Waals surface area contributed by atoms with Crippen LogP contribution in [0.15, 0.2) is 60.9 Å². The van der Waals surface area contributed by atoms with Gasteiger partial charge in [0.25, 0.3) is 0 Å². The SMILES string of the molecule is C.CC(C)(C)OC(=O)NCCc1cnc(-c2ccc(Cl)cc2)[nH]1.CCCCCC(=O)NCCc1cnc(-c2ccc(Cl)cc2)[nH]1.IC(I)I. The second-order valence-electron chi connectivity index (χ2n) is 11.5. The highest BCUT2D eigenvalue weighted by Gasteiger charge is 2.15.